The molecular formula is C44H54N2O12. The van der Waals surface area contributed by atoms with E-state index in [1.807, 2.05) is 60.7 Å². The van der Waals surface area contributed by atoms with Gasteiger partial charge < -0.3 is 48.8 Å². The minimum absolute atomic E-state index is 0.602. The number of methoxy groups -OCH3 is 2. The van der Waals surface area contributed by atoms with Gasteiger partial charge in [-0.15, -0.1) is 0 Å². The van der Waals surface area contributed by atoms with Crippen LogP contribution in [0.3, 0.4) is 0 Å². The highest BCUT2D eigenvalue weighted by Gasteiger charge is 2.51. The summed E-state index contributed by atoms with van der Waals surface area (Å²) in [5, 5.41) is 40.0. The van der Waals surface area contributed by atoms with Gasteiger partial charge in [-0.2, -0.15) is 0 Å². The van der Waals surface area contributed by atoms with Crippen LogP contribution < -0.4 is 9.47 Å². The second-order valence-electron chi connectivity index (χ2n) is 15.8. The summed E-state index contributed by atoms with van der Waals surface area (Å²) in [5.41, 5.74) is 1.32. The van der Waals surface area contributed by atoms with Crippen molar-refractivity contribution in [2.45, 2.75) is 102 Å². The minimum atomic E-state index is -1.78. The third-order valence-electron chi connectivity index (χ3n) is 9.18. The van der Waals surface area contributed by atoms with Crippen molar-refractivity contribution in [3.05, 3.63) is 131 Å². The van der Waals surface area contributed by atoms with E-state index >= 15 is 0 Å². The molecule has 312 valence electrons. The molecule has 0 radical (unpaired) electrons. The number of nitrogens with zero attached hydrogens (tertiary/aromatic N) is 2. The first-order valence-electron chi connectivity index (χ1n) is 18.9. The van der Waals surface area contributed by atoms with Gasteiger partial charge in [0, 0.05) is 11.1 Å². The highest BCUT2D eigenvalue weighted by atomic mass is 16.6. The van der Waals surface area contributed by atoms with E-state index < -0.39 is 72.7 Å². The van der Waals surface area contributed by atoms with Crippen LogP contribution >= 0.6 is 0 Å². The first-order chi connectivity index (χ1) is 27.4. The summed E-state index contributed by atoms with van der Waals surface area (Å²) in [4.78, 5) is 29.2. The molecule has 4 aromatic carbocycles. The Kier molecular flexibility index (Phi) is 14.1. The third-order valence-corrected chi connectivity index (χ3v) is 9.18. The van der Waals surface area contributed by atoms with Crippen molar-refractivity contribution in [1.29, 1.82) is 0 Å². The van der Waals surface area contributed by atoms with Crippen LogP contribution in [0.15, 0.2) is 109 Å². The summed E-state index contributed by atoms with van der Waals surface area (Å²) >= 11 is 0. The fourth-order valence-corrected chi connectivity index (χ4v) is 6.72. The zero-order valence-corrected chi connectivity index (χ0v) is 34.0. The van der Waals surface area contributed by atoms with Gasteiger partial charge in [0.05, 0.1) is 26.3 Å². The van der Waals surface area contributed by atoms with Crippen molar-refractivity contribution in [3.8, 4) is 11.5 Å². The molecule has 2 aliphatic heterocycles. The molecule has 6 atom stereocenters. The predicted molar refractivity (Wildman–Crippen MR) is 212 cm³/mol. The standard InChI is InChI=1S/2C22H27NO6/c2*1-22(2,3)29-21(26)23-17(14-8-6-5-7-9-14)18(20(24)25)28-19(23)15-10-12-16(27-4)13-11-15/h2*5-13,17-20,24-25H,1-4H3/t2*17-,18-,19?/m10/s1. The highest BCUT2D eigenvalue weighted by molar-refractivity contribution is 5.71. The molecule has 2 aliphatic rings. The molecule has 4 N–H and O–H groups in total. The van der Waals surface area contributed by atoms with E-state index in [-0.39, 0.29) is 0 Å². The number of benzene rings is 4. The summed E-state index contributed by atoms with van der Waals surface area (Å²) in [5.74, 6) is 1.32. The van der Waals surface area contributed by atoms with Crippen molar-refractivity contribution in [3.63, 3.8) is 0 Å². The predicted octanol–water partition coefficient (Wildman–Crippen LogP) is 6.76. The number of hydrogen-bond acceptors (Lipinski definition) is 12. The lowest BCUT2D eigenvalue weighted by atomic mass is 10.00. The largest absolute Gasteiger partial charge is 0.497 e. The molecule has 0 bridgehead atoms. The fourth-order valence-electron chi connectivity index (χ4n) is 6.72. The summed E-state index contributed by atoms with van der Waals surface area (Å²) in [7, 11) is 3.13. The van der Waals surface area contributed by atoms with Crippen LogP contribution in [-0.2, 0) is 18.9 Å². The third kappa shape index (κ3) is 10.6. The average Bonchev–Trinajstić information content (AvgIpc) is 3.79. The quantitative estimate of drug-likeness (QED) is 0.138. The van der Waals surface area contributed by atoms with Crippen LogP contribution in [0.25, 0.3) is 0 Å². The maximum Gasteiger partial charge on any atom is 0.413 e. The lowest BCUT2D eigenvalue weighted by molar-refractivity contribution is -0.145. The van der Waals surface area contributed by atoms with E-state index in [4.69, 9.17) is 28.4 Å². The maximum absolute atomic E-state index is 13.2. The van der Waals surface area contributed by atoms with E-state index in [0.29, 0.717) is 33.8 Å². The van der Waals surface area contributed by atoms with Gasteiger partial charge >= 0.3 is 12.2 Å². The van der Waals surface area contributed by atoms with Crippen LogP contribution in [0.5, 0.6) is 11.5 Å². The van der Waals surface area contributed by atoms with Crippen LogP contribution in [0.2, 0.25) is 0 Å². The summed E-state index contributed by atoms with van der Waals surface area (Å²) < 4.78 is 33.6. The van der Waals surface area contributed by atoms with Gasteiger partial charge in [-0.25, -0.2) is 9.59 Å². The lowest BCUT2D eigenvalue weighted by Crippen LogP contribution is -2.41. The lowest BCUT2D eigenvalue weighted by Gasteiger charge is -2.32. The number of rotatable bonds is 8. The second-order valence-corrected chi connectivity index (χ2v) is 15.8. The van der Waals surface area contributed by atoms with E-state index in [0.717, 1.165) is 0 Å². The second kappa shape index (κ2) is 18.6. The monoisotopic (exact) mass is 802 g/mol. The molecule has 2 unspecified atom stereocenters. The number of ether oxygens (including phenoxy) is 6. The van der Waals surface area contributed by atoms with Gasteiger partial charge in [-0.3, -0.25) is 9.80 Å². The molecule has 2 heterocycles. The zero-order chi connectivity index (χ0) is 42.4. The van der Waals surface area contributed by atoms with Crippen molar-refractivity contribution in [2.24, 2.45) is 0 Å². The summed E-state index contributed by atoms with van der Waals surface area (Å²) in [6.45, 7) is 10.7. The number of aliphatic hydroxyl groups is 4. The first-order valence-corrected chi connectivity index (χ1v) is 18.9. The van der Waals surface area contributed by atoms with Gasteiger partial charge in [0.2, 0.25) is 0 Å². The molecule has 0 aliphatic carbocycles. The molecule has 0 saturated carbocycles. The number of carbonyl (C=O) groups excluding carboxylic acids is 2. The van der Waals surface area contributed by atoms with Crippen LogP contribution in [0, 0.1) is 0 Å². The highest BCUT2D eigenvalue weighted by Crippen LogP contribution is 2.46. The molecule has 14 nitrogen and oxygen atoms in total. The Labute approximate surface area is 339 Å². The molecule has 2 amide bonds. The average molecular weight is 803 g/mol. The van der Waals surface area contributed by atoms with E-state index in [1.54, 1.807) is 104 Å². The molecule has 2 fully saturated rings. The minimum Gasteiger partial charge on any atom is -0.497 e. The normalized spacial score (nSPS) is 22.0. The Hall–Kier alpha value is -5.22. The van der Waals surface area contributed by atoms with Crippen LogP contribution in [0.1, 0.15) is 88.3 Å². The maximum atomic E-state index is 13.2. The Morgan fingerprint density at radius 1 is 0.517 bits per heavy atom. The van der Waals surface area contributed by atoms with Crippen molar-refractivity contribution in [1.82, 2.24) is 9.80 Å². The Morgan fingerprint density at radius 2 is 0.828 bits per heavy atom. The van der Waals surface area contributed by atoms with E-state index in [1.165, 1.54) is 9.80 Å². The number of hydrogen-bond donors (Lipinski definition) is 4. The molecule has 0 spiro atoms. The van der Waals surface area contributed by atoms with Crippen LogP contribution in [-0.4, -0.2) is 92.6 Å². The number of aliphatic hydroxyl groups excluding tert-OH is 2. The molecule has 58 heavy (non-hydrogen) atoms. The zero-order valence-electron chi connectivity index (χ0n) is 34.0. The Balaban J connectivity index is 0.000000221. The van der Waals surface area contributed by atoms with Crippen molar-refractivity contribution in [2.75, 3.05) is 14.2 Å². The number of carbonyl (C=O) groups is 2. The molecule has 14 heteroatoms. The van der Waals surface area contributed by atoms with Crippen LogP contribution in [0.4, 0.5) is 9.59 Å². The van der Waals surface area contributed by atoms with E-state index in [9.17, 15) is 30.0 Å². The SMILES string of the molecule is COc1ccc(C2O[C@@H](C(O)O)[C@@H](c3ccccc3)N2C(=O)OC(C)(C)C)cc1.COc1ccc(C2O[C@H](C(O)O)[C@H](c3ccccc3)N2C(=O)OC(C)(C)C)cc1. The Morgan fingerprint density at radius 3 is 1.09 bits per heavy atom. The van der Waals surface area contributed by atoms with Gasteiger partial charge in [0.15, 0.2) is 25.0 Å². The van der Waals surface area contributed by atoms with Gasteiger partial charge in [-0.1, -0.05) is 84.9 Å². The summed E-state index contributed by atoms with van der Waals surface area (Å²) in [6, 6.07) is 30.9. The Bertz CT molecular complexity index is 1770. The molecule has 4 aromatic rings. The molecular weight excluding hydrogens is 748 g/mol. The van der Waals surface area contributed by atoms with Gasteiger partial charge in [0.1, 0.15) is 34.9 Å². The molecule has 6 rings (SSSR count). The van der Waals surface area contributed by atoms with Gasteiger partial charge in [-0.05, 0) is 76.9 Å². The van der Waals surface area contributed by atoms with Crippen molar-refractivity contribution < 1.29 is 58.4 Å². The number of amides is 2. The van der Waals surface area contributed by atoms with Crippen molar-refractivity contribution >= 4 is 12.2 Å². The van der Waals surface area contributed by atoms with Gasteiger partial charge in [0.25, 0.3) is 0 Å². The molecule has 0 aromatic heterocycles. The van der Waals surface area contributed by atoms with E-state index in [2.05, 4.69) is 0 Å². The fraction of sp³-hybridized carbons (Fsp3) is 0.409. The smallest absolute Gasteiger partial charge is 0.413 e. The molecule has 2 saturated heterocycles. The first kappa shape index (κ1) is 43.9. The summed E-state index contributed by atoms with van der Waals surface area (Å²) in [6.07, 6.45) is -8.57. The topological polar surface area (TPSA) is 177 Å².